The molecule has 0 aliphatic carbocycles. The number of piperidine rings is 1. The normalized spacial score (nSPS) is 17.5. The summed E-state index contributed by atoms with van der Waals surface area (Å²) in [6.07, 6.45) is 3.72. The second-order valence-corrected chi connectivity index (χ2v) is 11.3. The highest BCUT2D eigenvalue weighted by Crippen LogP contribution is 2.29. The number of nitrogens with zero attached hydrogens (tertiary/aromatic N) is 2. The van der Waals surface area contributed by atoms with Crippen molar-refractivity contribution in [3.63, 3.8) is 0 Å². The molecule has 0 spiro atoms. The maximum absolute atomic E-state index is 13.9. The van der Waals surface area contributed by atoms with Gasteiger partial charge in [0.1, 0.15) is 5.75 Å². The first-order valence-corrected chi connectivity index (χ1v) is 14.0. The number of amides is 1. The number of anilines is 1. The molecule has 2 aliphatic rings. The Morgan fingerprint density at radius 2 is 2.11 bits per heavy atom. The minimum Gasteiger partial charge on any atom is -0.493 e. The van der Waals surface area contributed by atoms with Gasteiger partial charge in [0.05, 0.1) is 12.5 Å². The summed E-state index contributed by atoms with van der Waals surface area (Å²) in [5.41, 5.74) is 7.52. The number of likely N-dealkylation sites (tertiary alicyclic amines) is 1. The Morgan fingerprint density at radius 3 is 2.89 bits per heavy atom. The fourth-order valence-corrected chi connectivity index (χ4v) is 5.75. The van der Waals surface area contributed by atoms with Crippen molar-refractivity contribution in [1.82, 2.24) is 9.80 Å². The molecule has 6 heteroatoms. The van der Waals surface area contributed by atoms with Crippen LogP contribution in [0.3, 0.4) is 0 Å². The lowest BCUT2D eigenvalue weighted by Gasteiger charge is -2.36. The molecule has 2 aromatic rings. The van der Waals surface area contributed by atoms with Gasteiger partial charge >= 0.3 is 0 Å². The van der Waals surface area contributed by atoms with E-state index < -0.39 is 0 Å². The molecular formula is C31H45N3O3. The highest BCUT2D eigenvalue weighted by Gasteiger charge is 2.30. The van der Waals surface area contributed by atoms with Crippen molar-refractivity contribution in [2.24, 2.45) is 11.8 Å². The fraction of sp³-hybridized carbons (Fsp3) is 0.581. The molecule has 1 unspecified atom stereocenters. The standard InChI is InChI=1S/C31H45N3O3/c1-22(2)18-34(19-25-16-23(3)24(4)30(17-25)37-15-7-14-35)31(36)27-9-6-13-33(21-27)20-26-8-5-10-29-28(26)11-12-32-29/h5,8,10,16-17,22,27,32,35H,6-7,9,11-15,18-21H2,1-4H3. The molecule has 0 aromatic heterocycles. The average Bonchev–Trinajstić information content (AvgIpc) is 3.36. The maximum Gasteiger partial charge on any atom is 0.227 e. The van der Waals surface area contributed by atoms with Crippen molar-refractivity contribution in [3.05, 3.63) is 58.1 Å². The van der Waals surface area contributed by atoms with E-state index in [0.717, 1.165) is 68.9 Å². The van der Waals surface area contributed by atoms with Gasteiger partial charge in [0.2, 0.25) is 5.91 Å². The summed E-state index contributed by atoms with van der Waals surface area (Å²) in [4.78, 5) is 18.5. The molecule has 0 radical (unpaired) electrons. The van der Waals surface area contributed by atoms with Crippen LogP contribution in [0.15, 0.2) is 30.3 Å². The zero-order valence-corrected chi connectivity index (χ0v) is 23.2. The van der Waals surface area contributed by atoms with Crippen molar-refractivity contribution >= 4 is 11.6 Å². The first-order valence-electron chi connectivity index (χ1n) is 14.0. The molecule has 1 saturated heterocycles. The lowest BCUT2D eigenvalue weighted by Crippen LogP contribution is -2.45. The predicted molar refractivity (Wildman–Crippen MR) is 150 cm³/mol. The van der Waals surface area contributed by atoms with Crippen molar-refractivity contribution in [1.29, 1.82) is 0 Å². The number of carbonyl (C=O) groups excluding carboxylic acids is 1. The Morgan fingerprint density at radius 1 is 1.27 bits per heavy atom. The van der Waals surface area contributed by atoms with Crippen LogP contribution < -0.4 is 10.1 Å². The summed E-state index contributed by atoms with van der Waals surface area (Å²) in [6.45, 7) is 14.3. The number of aliphatic hydroxyl groups excluding tert-OH is 1. The molecule has 0 bridgehead atoms. The minimum absolute atomic E-state index is 0.0363. The van der Waals surface area contributed by atoms with E-state index in [1.807, 2.05) is 0 Å². The lowest BCUT2D eigenvalue weighted by atomic mass is 9.94. The minimum atomic E-state index is 0.0363. The summed E-state index contributed by atoms with van der Waals surface area (Å²) in [7, 11) is 0. The SMILES string of the molecule is Cc1cc(CN(CC(C)C)C(=O)C2CCCN(Cc3cccc4c3CCN4)C2)cc(OCCCO)c1C. The number of benzene rings is 2. The molecule has 6 nitrogen and oxygen atoms in total. The van der Waals surface area contributed by atoms with E-state index in [-0.39, 0.29) is 18.4 Å². The largest absolute Gasteiger partial charge is 0.493 e. The highest BCUT2D eigenvalue weighted by molar-refractivity contribution is 5.79. The molecule has 1 fully saturated rings. The van der Waals surface area contributed by atoms with Crippen molar-refractivity contribution in [3.8, 4) is 5.75 Å². The van der Waals surface area contributed by atoms with Crippen LogP contribution in [0, 0.1) is 25.7 Å². The number of aliphatic hydroxyl groups is 1. The fourth-order valence-electron chi connectivity index (χ4n) is 5.75. The van der Waals surface area contributed by atoms with Gasteiger partial charge in [0.15, 0.2) is 0 Å². The van der Waals surface area contributed by atoms with Gasteiger partial charge in [-0.2, -0.15) is 0 Å². The van der Waals surface area contributed by atoms with Gasteiger partial charge in [-0.1, -0.05) is 32.0 Å². The van der Waals surface area contributed by atoms with Crippen molar-refractivity contribution < 1.29 is 14.6 Å². The number of aryl methyl sites for hydroxylation is 1. The molecule has 2 heterocycles. The van der Waals surface area contributed by atoms with Gasteiger partial charge in [-0.05, 0) is 85.5 Å². The van der Waals surface area contributed by atoms with E-state index in [4.69, 9.17) is 9.84 Å². The van der Waals surface area contributed by atoms with Crippen LogP contribution in [0.5, 0.6) is 5.75 Å². The first-order chi connectivity index (χ1) is 17.9. The quantitative estimate of drug-likeness (QED) is 0.422. The Balaban J connectivity index is 1.46. The van der Waals surface area contributed by atoms with E-state index in [9.17, 15) is 4.79 Å². The molecule has 1 atom stereocenters. The molecule has 202 valence electrons. The second-order valence-electron chi connectivity index (χ2n) is 11.3. The van der Waals surface area contributed by atoms with Gasteiger partial charge in [0.25, 0.3) is 0 Å². The predicted octanol–water partition coefficient (Wildman–Crippen LogP) is 4.93. The van der Waals surface area contributed by atoms with Crippen LogP contribution in [0.1, 0.15) is 60.9 Å². The second kappa shape index (κ2) is 12.8. The smallest absolute Gasteiger partial charge is 0.227 e. The molecule has 0 saturated carbocycles. The Kier molecular flexibility index (Phi) is 9.49. The Hall–Kier alpha value is -2.57. The third-order valence-electron chi connectivity index (χ3n) is 7.72. The van der Waals surface area contributed by atoms with Gasteiger partial charge in [-0.25, -0.2) is 0 Å². The number of carbonyl (C=O) groups is 1. The van der Waals surface area contributed by atoms with Crippen LogP contribution in [0.2, 0.25) is 0 Å². The Bertz CT molecular complexity index is 1070. The molecule has 37 heavy (non-hydrogen) atoms. The van der Waals surface area contributed by atoms with Crippen LogP contribution in [0.4, 0.5) is 5.69 Å². The average molecular weight is 508 g/mol. The van der Waals surface area contributed by atoms with Crippen LogP contribution in [-0.2, 0) is 24.3 Å². The molecule has 2 N–H and O–H groups in total. The van der Waals surface area contributed by atoms with Gasteiger partial charge in [-0.15, -0.1) is 0 Å². The van der Waals surface area contributed by atoms with E-state index in [1.165, 1.54) is 22.4 Å². The van der Waals surface area contributed by atoms with Gasteiger partial charge in [0, 0.05) is 51.4 Å². The van der Waals surface area contributed by atoms with Gasteiger partial charge in [-0.3, -0.25) is 9.69 Å². The molecule has 1 amide bonds. The number of nitrogens with one attached hydrogen (secondary N) is 1. The van der Waals surface area contributed by atoms with Crippen LogP contribution in [0.25, 0.3) is 0 Å². The summed E-state index contributed by atoms with van der Waals surface area (Å²) < 4.78 is 5.97. The summed E-state index contributed by atoms with van der Waals surface area (Å²) in [5, 5.41) is 12.6. The molecular weight excluding hydrogens is 462 g/mol. The topological polar surface area (TPSA) is 65.0 Å². The third kappa shape index (κ3) is 7.05. The third-order valence-corrected chi connectivity index (χ3v) is 7.72. The molecule has 2 aromatic carbocycles. The lowest BCUT2D eigenvalue weighted by molar-refractivity contribution is -0.138. The van der Waals surface area contributed by atoms with Crippen LogP contribution in [-0.4, -0.2) is 60.2 Å². The number of hydrogen-bond donors (Lipinski definition) is 2. The Labute approximate surface area is 223 Å². The number of rotatable bonds is 11. The van der Waals surface area contributed by atoms with Crippen molar-refractivity contribution in [2.75, 3.05) is 44.7 Å². The highest BCUT2D eigenvalue weighted by atomic mass is 16.5. The number of ether oxygens (including phenoxy) is 1. The van der Waals surface area contributed by atoms with Gasteiger partial charge < -0.3 is 20.1 Å². The van der Waals surface area contributed by atoms with E-state index >= 15 is 0 Å². The van der Waals surface area contributed by atoms with Crippen molar-refractivity contribution in [2.45, 2.75) is 66.5 Å². The van der Waals surface area contributed by atoms with E-state index in [1.54, 1.807) is 0 Å². The number of hydrogen-bond acceptors (Lipinski definition) is 5. The summed E-state index contributed by atoms with van der Waals surface area (Å²) in [6, 6.07) is 10.8. The van der Waals surface area contributed by atoms with E-state index in [2.05, 4.69) is 73.1 Å². The van der Waals surface area contributed by atoms with Crippen LogP contribution >= 0.6 is 0 Å². The zero-order valence-electron chi connectivity index (χ0n) is 23.2. The first kappa shape index (κ1) is 27.5. The number of fused-ring (bicyclic) bond motifs is 1. The monoisotopic (exact) mass is 507 g/mol. The summed E-state index contributed by atoms with van der Waals surface area (Å²) >= 11 is 0. The van der Waals surface area contributed by atoms with E-state index in [0.29, 0.717) is 25.5 Å². The zero-order chi connectivity index (χ0) is 26.4. The summed E-state index contributed by atoms with van der Waals surface area (Å²) in [5.74, 6) is 1.57. The maximum atomic E-state index is 13.9. The molecule has 4 rings (SSSR count). The molecule has 2 aliphatic heterocycles.